The molecule has 0 aliphatic carbocycles. The molecular formula is C20H15Cl2N2O2. The van der Waals surface area contributed by atoms with Crippen LogP contribution >= 0.6 is 23.2 Å². The van der Waals surface area contributed by atoms with Crippen LogP contribution < -0.4 is 5.56 Å². The molecule has 0 bridgehead atoms. The minimum absolute atomic E-state index is 0.0796. The second-order valence-corrected chi connectivity index (χ2v) is 6.57. The minimum atomic E-state index is -0.463. The van der Waals surface area contributed by atoms with Crippen LogP contribution in [-0.4, -0.2) is 15.6 Å². The Balaban J connectivity index is 2.43. The number of ketones is 1. The fourth-order valence-corrected chi connectivity index (χ4v) is 3.01. The summed E-state index contributed by atoms with van der Waals surface area (Å²) in [6.45, 7) is 5.21. The van der Waals surface area contributed by atoms with Crippen LogP contribution in [0.4, 0.5) is 0 Å². The number of hydrogen-bond donors (Lipinski definition) is 0. The van der Waals surface area contributed by atoms with E-state index < -0.39 is 5.56 Å². The van der Waals surface area contributed by atoms with Gasteiger partial charge in [-0.3, -0.25) is 9.59 Å². The van der Waals surface area contributed by atoms with E-state index in [1.165, 1.54) is 11.6 Å². The lowest BCUT2D eigenvalue weighted by atomic mass is 9.94. The first-order valence-electron chi connectivity index (χ1n) is 7.89. The lowest BCUT2D eigenvalue weighted by Crippen LogP contribution is -2.29. The molecule has 26 heavy (non-hydrogen) atoms. The Morgan fingerprint density at radius 2 is 1.50 bits per heavy atom. The van der Waals surface area contributed by atoms with Gasteiger partial charge in [-0.25, -0.2) is 4.68 Å². The molecule has 1 heterocycles. The molecule has 0 amide bonds. The quantitative estimate of drug-likeness (QED) is 0.598. The summed E-state index contributed by atoms with van der Waals surface area (Å²) < 4.78 is 1.19. The number of benzene rings is 2. The fraction of sp³-hybridized carbons (Fsp3) is 0.100. The molecule has 0 saturated carbocycles. The first kappa shape index (κ1) is 18.4. The van der Waals surface area contributed by atoms with Gasteiger partial charge in [-0.2, -0.15) is 5.10 Å². The summed E-state index contributed by atoms with van der Waals surface area (Å²) in [6.07, 6.45) is 0. The van der Waals surface area contributed by atoms with Gasteiger partial charge in [0.2, 0.25) is 0 Å². The lowest BCUT2D eigenvalue weighted by molar-refractivity contribution is 0.101. The SMILES string of the molecule is [CH2]Cn1nc(-c2ccc(Cl)cc2)c(-c2ccc(Cl)cc2)c(C(C)=O)c1=O. The first-order chi connectivity index (χ1) is 12.4. The molecular weight excluding hydrogens is 371 g/mol. The molecule has 1 aromatic heterocycles. The van der Waals surface area contributed by atoms with E-state index in [0.717, 1.165) is 5.56 Å². The summed E-state index contributed by atoms with van der Waals surface area (Å²) in [5.41, 5.74) is 2.03. The van der Waals surface area contributed by atoms with Gasteiger partial charge in [0.05, 0.1) is 11.3 Å². The molecule has 4 nitrogen and oxygen atoms in total. The van der Waals surface area contributed by atoms with Gasteiger partial charge in [-0.05, 0) is 43.7 Å². The molecule has 6 heteroatoms. The number of halogens is 2. The minimum Gasteiger partial charge on any atom is -0.294 e. The van der Waals surface area contributed by atoms with E-state index in [1.807, 2.05) is 0 Å². The Morgan fingerprint density at radius 1 is 1.00 bits per heavy atom. The van der Waals surface area contributed by atoms with Crippen LogP contribution in [0, 0.1) is 6.92 Å². The van der Waals surface area contributed by atoms with Crippen LogP contribution in [0.1, 0.15) is 17.3 Å². The molecule has 0 spiro atoms. The number of rotatable bonds is 4. The molecule has 0 fully saturated rings. The maximum atomic E-state index is 12.7. The Hall–Kier alpha value is -2.43. The second-order valence-electron chi connectivity index (χ2n) is 5.70. The highest BCUT2D eigenvalue weighted by Crippen LogP contribution is 2.33. The maximum Gasteiger partial charge on any atom is 0.278 e. The van der Waals surface area contributed by atoms with Crippen LogP contribution in [0.2, 0.25) is 10.0 Å². The van der Waals surface area contributed by atoms with Crippen LogP contribution in [0.3, 0.4) is 0 Å². The Morgan fingerprint density at radius 3 is 1.96 bits per heavy atom. The van der Waals surface area contributed by atoms with Crippen LogP contribution in [-0.2, 0) is 6.54 Å². The molecule has 0 aliphatic rings. The number of carbonyl (C=O) groups excluding carboxylic acids is 1. The largest absolute Gasteiger partial charge is 0.294 e. The third-order valence-electron chi connectivity index (χ3n) is 3.97. The van der Waals surface area contributed by atoms with Crippen molar-refractivity contribution in [3.05, 3.63) is 81.4 Å². The van der Waals surface area contributed by atoms with E-state index in [1.54, 1.807) is 48.5 Å². The van der Waals surface area contributed by atoms with Crippen molar-refractivity contribution in [3.63, 3.8) is 0 Å². The molecule has 3 aromatic rings. The monoisotopic (exact) mass is 385 g/mol. The molecule has 0 saturated heterocycles. The van der Waals surface area contributed by atoms with E-state index >= 15 is 0 Å². The lowest BCUT2D eigenvalue weighted by Gasteiger charge is -2.15. The predicted molar refractivity (Wildman–Crippen MR) is 105 cm³/mol. The summed E-state index contributed by atoms with van der Waals surface area (Å²) in [5.74, 6) is -0.334. The normalized spacial score (nSPS) is 10.8. The van der Waals surface area contributed by atoms with Gasteiger partial charge in [0.25, 0.3) is 5.56 Å². The van der Waals surface area contributed by atoms with Crippen LogP contribution in [0.15, 0.2) is 53.3 Å². The van der Waals surface area contributed by atoms with Crippen molar-refractivity contribution in [2.45, 2.75) is 13.5 Å². The average molecular weight is 386 g/mol. The van der Waals surface area contributed by atoms with E-state index in [2.05, 4.69) is 12.0 Å². The van der Waals surface area contributed by atoms with Gasteiger partial charge in [0, 0.05) is 27.7 Å². The van der Waals surface area contributed by atoms with Crippen molar-refractivity contribution in [1.29, 1.82) is 0 Å². The number of carbonyl (C=O) groups is 1. The van der Waals surface area contributed by atoms with Gasteiger partial charge in [-0.15, -0.1) is 0 Å². The van der Waals surface area contributed by atoms with E-state index in [9.17, 15) is 9.59 Å². The summed E-state index contributed by atoms with van der Waals surface area (Å²) in [7, 11) is 0. The van der Waals surface area contributed by atoms with Crippen molar-refractivity contribution in [3.8, 4) is 22.4 Å². The number of hydrogen-bond acceptors (Lipinski definition) is 3. The highest BCUT2D eigenvalue weighted by atomic mass is 35.5. The first-order valence-corrected chi connectivity index (χ1v) is 8.65. The standard InChI is InChI=1S/C20H15Cl2N2O2/c1-3-24-20(26)17(12(2)25)18(13-4-8-15(21)9-5-13)19(23-24)14-6-10-16(22)11-7-14/h4-11H,1,3H2,2H3. The highest BCUT2D eigenvalue weighted by Gasteiger charge is 2.22. The van der Waals surface area contributed by atoms with E-state index in [4.69, 9.17) is 23.2 Å². The van der Waals surface area contributed by atoms with Gasteiger partial charge >= 0.3 is 0 Å². The van der Waals surface area contributed by atoms with Crippen LogP contribution in [0.5, 0.6) is 0 Å². The van der Waals surface area contributed by atoms with Gasteiger partial charge in [0.1, 0.15) is 0 Å². The van der Waals surface area contributed by atoms with Crippen molar-refractivity contribution < 1.29 is 4.79 Å². The second kappa shape index (κ2) is 7.44. The zero-order valence-electron chi connectivity index (χ0n) is 14.0. The molecule has 1 radical (unpaired) electrons. The topological polar surface area (TPSA) is 52.0 Å². The van der Waals surface area contributed by atoms with Crippen molar-refractivity contribution in [1.82, 2.24) is 9.78 Å². The fourth-order valence-electron chi connectivity index (χ4n) is 2.76. The van der Waals surface area contributed by atoms with E-state index in [0.29, 0.717) is 26.9 Å². The van der Waals surface area contributed by atoms with Gasteiger partial charge in [-0.1, -0.05) is 47.5 Å². The Bertz CT molecular complexity index is 1020. The number of aromatic nitrogens is 2. The summed E-state index contributed by atoms with van der Waals surface area (Å²) in [5, 5.41) is 5.59. The number of nitrogens with zero attached hydrogens (tertiary/aromatic N) is 2. The molecule has 131 valence electrons. The summed E-state index contributed by atoms with van der Waals surface area (Å²) in [4.78, 5) is 25.1. The Kier molecular flexibility index (Phi) is 5.25. The molecule has 0 N–H and O–H groups in total. The molecule has 0 unspecified atom stereocenters. The molecule has 0 atom stereocenters. The maximum absolute atomic E-state index is 12.7. The molecule has 2 aromatic carbocycles. The smallest absolute Gasteiger partial charge is 0.278 e. The van der Waals surface area contributed by atoms with E-state index in [-0.39, 0.29) is 17.9 Å². The van der Waals surface area contributed by atoms with Crippen molar-refractivity contribution in [2.75, 3.05) is 0 Å². The van der Waals surface area contributed by atoms with Gasteiger partial charge in [0.15, 0.2) is 5.78 Å². The Labute approximate surface area is 161 Å². The molecule has 0 aliphatic heterocycles. The average Bonchev–Trinajstić information content (AvgIpc) is 2.62. The summed E-state index contributed by atoms with van der Waals surface area (Å²) in [6, 6.07) is 14.0. The number of Topliss-reactive ketones (excluding diaryl/α,β-unsaturated/α-hetero) is 1. The zero-order valence-corrected chi connectivity index (χ0v) is 15.5. The third kappa shape index (κ3) is 3.43. The summed E-state index contributed by atoms with van der Waals surface area (Å²) >= 11 is 12.0. The zero-order chi connectivity index (χ0) is 18.8. The highest BCUT2D eigenvalue weighted by molar-refractivity contribution is 6.31. The predicted octanol–water partition coefficient (Wildman–Crippen LogP) is 4.92. The molecule has 3 rings (SSSR count). The van der Waals surface area contributed by atoms with Crippen molar-refractivity contribution >= 4 is 29.0 Å². The van der Waals surface area contributed by atoms with Crippen LogP contribution in [0.25, 0.3) is 22.4 Å². The van der Waals surface area contributed by atoms with Gasteiger partial charge < -0.3 is 0 Å². The van der Waals surface area contributed by atoms with Crippen molar-refractivity contribution in [2.24, 2.45) is 0 Å². The third-order valence-corrected chi connectivity index (χ3v) is 4.47.